The summed E-state index contributed by atoms with van der Waals surface area (Å²) in [6.07, 6.45) is 0.719. The minimum absolute atomic E-state index is 0.101. The lowest BCUT2D eigenvalue weighted by Gasteiger charge is -2.29. The first-order valence-corrected chi connectivity index (χ1v) is 6.31. The van der Waals surface area contributed by atoms with E-state index in [0.717, 1.165) is 5.56 Å². The van der Waals surface area contributed by atoms with Crippen LogP contribution < -0.4 is 5.32 Å². The van der Waals surface area contributed by atoms with Crippen LogP contribution in [0.2, 0.25) is 0 Å². The lowest BCUT2D eigenvalue weighted by atomic mass is 10.0. The minimum Gasteiger partial charge on any atom is -0.322 e. The van der Waals surface area contributed by atoms with Gasteiger partial charge in [-0.3, -0.25) is 19.7 Å². The molecule has 1 N–H and O–H groups in total. The molecule has 0 spiro atoms. The van der Waals surface area contributed by atoms with E-state index in [0.29, 0.717) is 24.9 Å². The molecule has 1 aromatic heterocycles. The van der Waals surface area contributed by atoms with Gasteiger partial charge in [0, 0.05) is 18.3 Å². The van der Waals surface area contributed by atoms with Crippen molar-refractivity contribution in [2.75, 3.05) is 0 Å². The highest BCUT2D eigenvalue weighted by atomic mass is 32.1. The van der Waals surface area contributed by atoms with Gasteiger partial charge in [-0.1, -0.05) is 0 Å². The second kappa shape index (κ2) is 3.66. The van der Waals surface area contributed by atoms with Gasteiger partial charge in [0.25, 0.3) is 5.91 Å². The molecule has 0 aromatic carbocycles. The van der Waals surface area contributed by atoms with Crippen LogP contribution in [0.5, 0.6) is 0 Å². The molecule has 1 unspecified atom stereocenters. The third kappa shape index (κ3) is 1.56. The number of nitrogens with zero attached hydrogens (tertiary/aromatic N) is 1. The van der Waals surface area contributed by atoms with E-state index < -0.39 is 6.04 Å². The maximum atomic E-state index is 12.1. The van der Waals surface area contributed by atoms with Gasteiger partial charge in [-0.05, 0) is 17.4 Å². The zero-order valence-electron chi connectivity index (χ0n) is 8.93. The van der Waals surface area contributed by atoms with Crippen LogP contribution in [0.15, 0.2) is 10.8 Å². The van der Waals surface area contributed by atoms with E-state index in [1.54, 1.807) is 4.90 Å². The Morgan fingerprint density at radius 3 is 2.82 bits per heavy atom. The van der Waals surface area contributed by atoms with Crippen molar-refractivity contribution in [1.82, 2.24) is 10.2 Å². The van der Waals surface area contributed by atoms with Crippen molar-refractivity contribution in [3.8, 4) is 0 Å². The second-order valence-corrected chi connectivity index (χ2v) is 4.95. The summed E-state index contributed by atoms with van der Waals surface area (Å²) < 4.78 is 0. The number of hydrogen-bond donors (Lipinski definition) is 1. The summed E-state index contributed by atoms with van der Waals surface area (Å²) in [5.41, 5.74) is 1.67. The summed E-state index contributed by atoms with van der Waals surface area (Å²) in [6.45, 7) is 0.476. The number of fused-ring (bicyclic) bond motifs is 1. The lowest BCUT2D eigenvalue weighted by Crippen LogP contribution is -2.52. The van der Waals surface area contributed by atoms with Crippen LogP contribution in [0.1, 0.15) is 28.8 Å². The number of imide groups is 1. The molecule has 0 radical (unpaired) electrons. The summed E-state index contributed by atoms with van der Waals surface area (Å²) in [6, 6.07) is -0.502. The molecule has 88 valence electrons. The largest absolute Gasteiger partial charge is 0.322 e. The molecule has 5 nitrogen and oxygen atoms in total. The topological polar surface area (TPSA) is 66.5 Å². The third-order valence-electron chi connectivity index (χ3n) is 3.16. The Balaban J connectivity index is 1.83. The predicted octanol–water partition coefficient (Wildman–Crippen LogP) is 0.509. The predicted molar refractivity (Wildman–Crippen MR) is 60.4 cm³/mol. The lowest BCUT2D eigenvalue weighted by molar-refractivity contribution is -0.136. The molecule has 0 bridgehead atoms. The van der Waals surface area contributed by atoms with E-state index >= 15 is 0 Å². The van der Waals surface area contributed by atoms with Crippen LogP contribution in [0.3, 0.4) is 0 Å². The second-order valence-electron chi connectivity index (χ2n) is 4.21. The van der Waals surface area contributed by atoms with Gasteiger partial charge in [0.2, 0.25) is 11.8 Å². The molecular weight excluding hydrogens is 240 g/mol. The highest BCUT2D eigenvalue weighted by Gasteiger charge is 2.39. The SMILES string of the molecule is O=C1CCC(N2Cc3cscc3C2=O)C(=O)N1. The molecule has 0 aliphatic carbocycles. The van der Waals surface area contributed by atoms with Gasteiger partial charge in [0.05, 0.1) is 5.56 Å². The molecule has 2 aliphatic rings. The molecule has 17 heavy (non-hydrogen) atoms. The fourth-order valence-electron chi connectivity index (χ4n) is 2.27. The maximum Gasteiger partial charge on any atom is 0.256 e. The normalized spacial score (nSPS) is 23.9. The van der Waals surface area contributed by atoms with Crippen LogP contribution in [-0.2, 0) is 16.1 Å². The monoisotopic (exact) mass is 250 g/mol. The number of nitrogens with one attached hydrogen (secondary N) is 1. The zero-order valence-corrected chi connectivity index (χ0v) is 9.75. The molecule has 1 atom stereocenters. The number of hydrogen-bond acceptors (Lipinski definition) is 4. The summed E-state index contributed by atoms with van der Waals surface area (Å²) in [7, 11) is 0. The number of amides is 3. The fraction of sp³-hybridized carbons (Fsp3) is 0.364. The molecule has 3 amide bonds. The Kier molecular flexibility index (Phi) is 2.25. The van der Waals surface area contributed by atoms with E-state index in [4.69, 9.17) is 0 Å². The molecule has 1 aromatic rings. The first-order valence-electron chi connectivity index (χ1n) is 5.36. The van der Waals surface area contributed by atoms with Crippen molar-refractivity contribution < 1.29 is 14.4 Å². The number of piperidine rings is 1. The molecule has 1 fully saturated rings. The molecule has 6 heteroatoms. The Labute approximate surface area is 101 Å². The summed E-state index contributed by atoms with van der Waals surface area (Å²) in [5, 5.41) is 6.02. The van der Waals surface area contributed by atoms with E-state index in [-0.39, 0.29) is 17.7 Å². The standard InChI is InChI=1S/C11H10N2O3S/c14-9-2-1-8(10(15)12-9)13-3-6-4-17-5-7(6)11(13)16/h4-5,8H,1-3H2,(H,12,14,15). The van der Waals surface area contributed by atoms with Crippen molar-refractivity contribution in [1.29, 1.82) is 0 Å². The minimum atomic E-state index is -0.502. The van der Waals surface area contributed by atoms with Crippen molar-refractivity contribution in [2.24, 2.45) is 0 Å². The first-order chi connectivity index (χ1) is 8.16. The quantitative estimate of drug-likeness (QED) is 0.738. The molecule has 3 heterocycles. The molecule has 1 saturated heterocycles. The van der Waals surface area contributed by atoms with Gasteiger partial charge in [-0.2, -0.15) is 11.3 Å². The number of carbonyl (C=O) groups excluding carboxylic acids is 3. The average molecular weight is 250 g/mol. The molecule has 0 saturated carbocycles. The van der Waals surface area contributed by atoms with E-state index in [9.17, 15) is 14.4 Å². The van der Waals surface area contributed by atoms with Crippen molar-refractivity contribution in [2.45, 2.75) is 25.4 Å². The van der Waals surface area contributed by atoms with Crippen molar-refractivity contribution in [3.05, 3.63) is 21.9 Å². The molecule has 3 rings (SSSR count). The van der Waals surface area contributed by atoms with E-state index in [1.807, 2.05) is 10.8 Å². The zero-order chi connectivity index (χ0) is 12.0. The van der Waals surface area contributed by atoms with E-state index in [2.05, 4.69) is 5.32 Å². The van der Waals surface area contributed by atoms with Gasteiger partial charge in [-0.15, -0.1) is 0 Å². The van der Waals surface area contributed by atoms with Crippen LogP contribution in [0.4, 0.5) is 0 Å². The van der Waals surface area contributed by atoms with Gasteiger partial charge >= 0.3 is 0 Å². The summed E-state index contributed by atoms with van der Waals surface area (Å²) in [4.78, 5) is 36.3. The summed E-state index contributed by atoms with van der Waals surface area (Å²) in [5.74, 6) is -0.716. The van der Waals surface area contributed by atoms with Gasteiger partial charge < -0.3 is 4.90 Å². The Morgan fingerprint density at radius 2 is 2.12 bits per heavy atom. The van der Waals surface area contributed by atoms with E-state index in [1.165, 1.54) is 11.3 Å². The average Bonchev–Trinajstić information content (AvgIpc) is 2.83. The number of thiophene rings is 1. The molecule has 2 aliphatic heterocycles. The van der Waals surface area contributed by atoms with Gasteiger partial charge in [0.1, 0.15) is 6.04 Å². The smallest absolute Gasteiger partial charge is 0.256 e. The Bertz CT molecular complexity index is 523. The number of carbonyl (C=O) groups is 3. The summed E-state index contributed by atoms with van der Waals surface area (Å²) >= 11 is 1.49. The molecular formula is C11H10N2O3S. The third-order valence-corrected chi connectivity index (χ3v) is 3.95. The highest BCUT2D eigenvalue weighted by molar-refractivity contribution is 7.08. The Morgan fingerprint density at radius 1 is 1.29 bits per heavy atom. The van der Waals surface area contributed by atoms with Gasteiger partial charge in [-0.25, -0.2) is 0 Å². The van der Waals surface area contributed by atoms with Gasteiger partial charge in [0.15, 0.2) is 0 Å². The van der Waals surface area contributed by atoms with Crippen molar-refractivity contribution in [3.63, 3.8) is 0 Å². The highest BCUT2D eigenvalue weighted by Crippen LogP contribution is 2.29. The number of rotatable bonds is 1. The van der Waals surface area contributed by atoms with Crippen LogP contribution in [0, 0.1) is 0 Å². The van der Waals surface area contributed by atoms with Crippen LogP contribution in [0.25, 0.3) is 0 Å². The first kappa shape index (κ1) is 10.5. The van der Waals surface area contributed by atoms with Crippen molar-refractivity contribution >= 4 is 29.1 Å². The maximum absolute atomic E-state index is 12.1. The van der Waals surface area contributed by atoms with Crippen LogP contribution in [-0.4, -0.2) is 28.7 Å². The fourth-order valence-corrected chi connectivity index (χ4v) is 3.10. The van der Waals surface area contributed by atoms with Crippen LogP contribution >= 0.6 is 11.3 Å². The Hall–Kier alpha value is -1.69.